The van der Waals surface area contributed by atoms with Crippen LogP contribution in [0.1, 0.15) is 20.3 Å². The number of benzene rings is 1. The molecule has 0 aliphatic carbocycles. The molecule has 0 heterocycles. The average Bonchev–Trinajstić information content (AvgIpc) is 2.52. The van der Waals surface area contributed by atoms with E-state index < -0.39 is 34.8 Å². The van der Waals surface area contributed by atoms with Crippen molar-refractivity contribution in [3.8, 4) is 0 Å². The van der Waals surface area contributed by atoms with E-state index in [2.05, 4.69) is 5.32 Å². The lowest BCUT2D eigenvalue weighted by Gasteiger charge is -2.31. The van der Waals surface area contributed by atoms with Gasteiger partial charge in [-0.2, -0.15) is 13.2 Å². The molecular weight excluding hydrogens is 365 g/mol. The van der Waals surface area contributed by atoms with E-state index in [4.69, 9.17) is 4.55 Å². The van der Waals surface area contributed by atoms with E-state index in [9.17, 15) is 32.1 Å². The molecule has 0 aromatic heterocycles. The second-order valence-corrected chi connectivity index (χ2v) is 6.16. The molecule has 1 aromatic rings. The van der Waals surface area contributed by atoms with Crippen molar-refractivity contribution in [1.29, 1.82) is 0 Å². The zero-order valence-corrected chi connectivity index (χ0v) is 14.1. The Morgan fingerprint density at radius 3 is 2.16 bits per heavy atom. The molecule has 0 aliphatic rings. The summed E-state index contributed by atoms with van der Waals surface area (Å²) >= 11 is -2.34. The highest BCUT2D eigenvalue weighted by Crippen LogP contribution is 2.33. The molecule has 1 rings (SSSR count). The number of amides is 3. The second-order valence-electron chi connectivity index (χ2n) is 5.19. The molecule has 3 N–H and O–H groups in total. The lowest BCUT2D eigenvalue weighted by molar-refractivity contribution is -0.243. The van der Waals surface area contributed by atoms with Crippen LogP contribution >= 0.6 is 0 Å². The maximum Gasteiger partial charge on any atom is 0.426 e. The maximum atomic E-state index is 12.9. The molecule has 11 heteroatoms. The summed E-state index contributed by atoms with van der Waals surface area (Å²) in [5.41, 5.74) is -4.09. The van der Waals surface area contributed by atoms with Gasteiger partial charge < -0.3 is 15.0 Å². The van der Waals surface area contributed by atoms with Crippen LogP contribution in [0.5, 0.6) is 0 Å². The van der Waals surface area contributed by atoms with Crippen molar-refractivity contribution in [3.63, 3.8) is 0 Å². The zero-order chi connectivity index (χ0) is 19.4. The third-order valence-corrected chi connectivity index (χ3v) is 3.87. The standard InChI is InChI=1S/C14H17F3N2O5S/c1-3-8-18-12(21)19(11(20)13(2,22)14(15,16)17)9-4-6-10(7-5-9)25(23)24/h4-7,22H,3,8H2,1-2H3,(H,18,21)(H,23,24). The van der Waals surface area contributed by atoms with Gasteiger partial charge in [-0.15, -0.1) is 0 Å². The molecule has 0 saturated heterocycles. The topological polar surface area (TPSA) is 107 Å². The first-order chi connectivity index (χ1) is 11.4. The van der Waals surface area contributed by atoms with E-state index in [1.807, 2.05) is 0 Å². The van der Waals surface area contributed by atoms with E-state index in [0.29, 0.717) is 6.42 Å². The first-order valence-electron chi connectivity index (χ1n) is 7.06. The molecule has 0 bridgehead atoms. The molecule has 0 aliphatic heterocycles. The van der Waals surface area contributed by atoms with E-state index >= 15 is 0 Å². The molecular formula is C14H17F3N2O5S. The van der Waals surface area contributed by atoms with Crippen LogP contribution in [-0.2, 0) is 15.9 Å². The maximum absolute atomic E-state index is 12.9. The number of alkyl halides is 3. The highest BCUT2D eigenvalue weighted by atomic mass is 32.2. The fourth-order valence-corrected chi connectivity index (χ4v) is 2.06. The number of nitrogens with one attached hydrogen (secondary N) is 1. The number of imide groups is 1. The summed E-state index contributed by atoms with van der Waals surface area (Å²) < 4.78 is 58.7. The molecule has 0 saturated carbocycles. The number of anilines is 1. The number of halogens is 3. The molecule has 2 atom stereocenters. The van der Waals surface area contributed by atoms with Crippen LogP contribution in [0.2, 0.25) is 0 Å². The molecule has 25 heavy (non-hydrogen) atoms. The summed E-state index contributed by atoms with van der Waals surface area (Å²) in [6.45, 7) is 2.03. The Morgan fingerprint density at radius 2 is 1.76 bits per heavy atom. The summed E-state index contributed by atoms with van der Waals surface area (Å²) in [5, 5.41) is 11.8. The van der Waals surface area contributed by atoms with Crippen molar-refractivity contribution in [2.45, 2.75) is 36.9 Å². The van der Waals surface area contributed by atoms with Crippen molar-refractivity contribution in [2.75, 3.05) is 11.4 Å². The minimum atomic E-state index is -5.31. The molecule has 1 aromatic carbocycles. The number of rotatable bonds is 5. The molecule has 0 radical (unpaired) electrons. The molecule has 3 amide bonds. The number of carbonyl (C=O) groups is 2. The van der Waals surface area contributed by atoms with Crippen molar-refractivity contribution >= 4 is 28.7 Å². The summed E-state index contributed by atoms with van der Waals surface area (Å²) in [4.78, 5) is 24.4. The van der Waals surface area contributed by atoms with Gasteiger partial charge in [0.1, 0.15) is 0 Å². The molecule has 140 valence electrons. The smallest absolute Gasteiger partial charge is 0.373 e. The number of nitrogens with zero attached hydrogens (tertiary/aromatic N) is 1. The highest BCUT2D eigenvalue weighted by Gasteiger charge is 2.58. The third kappa shape index (κ3) is 4.77. The molecule has 2 unspecified atom stereocenters. The molecule has 0 fully saturated rings. The SMILES string of the molecule is CCCNC(=O)N(C(=O)C(C)(O)C(F)(F)F)c1ccc(S(=O)O)cc1. The first-order valence-corrected chi connectivity index (χ1v) is 8.16. The van der Waals surface area contributed by atoms with Crippen LogP contribution in [0.3, 0.4) is 0 Å². The van der Waals surface area contributed by atoms with E-state index in [-0.39, 0.29) is 29.0 Å². The van der Waals surface area contributed by atoms with Gasteiger partial charge in [0.2, 0.25) is 5.60 Å². The monoisotopic (exact) mass is 382 g/mol. The number of hydrogen-bond donors (Lipinski definition) is 3. The van der Waals surface area contributed by atoms with Crippen molar-refractivity contribution < 1.29 is 36.6 Å². The van der Waals surface area contributed by atoms with Gasteiger partial charge in [0.05, 0.1) is 10.6 Å². The summed E-state index contributed by atoms with van der Waals surface area (Å²) in [5.74, 6) is -1.90. The van der Waals surface area contributed by atoms with Gasteiger partial charge in [0, 0.05) is 6.54 Å². The predicted molar refractivity (Wildman–Crippen MR) is 83.3 cm³/mol. The molecule has 0 spiro atoms. The van der Waals surface area contributed by atoms with Crippen molar-refractivity contribution in [1.82, 2.24) is 5.32 Å². The largest absolute Gasteiger partial charge is 0.426 e. The van der Waals surface area contributed by atoms with Gasteiger partial charge in [-0.1, -0.05) is 6.92 Å². The van der Waals surface area contributed by atoms with Crippen molar-refractivity contribution in [2.24, 2.45) is 0 Å². The Morgan fingerprint density at radius 1 is 1.24 bits per heavy atom. The van der Waals surface area contributed by atoms with Crippen LogP contribution in [0, 0.1) is 0 Å². The van der Waals surface area contributed by atoms with Crippen LogP contribution in [0.15, 0.2) is 29.2 Å². The van der Waals surface area contributed by atoms with Crippen molar-refractivity contribution in [3.05, 3.63) is 24.3 Å². The predicted octanol–water partition coefficient (Wildman–Crippen LogP) is 2.03. The van der Waals surface area contributed by atoms with Gasteiger partial charge in [-0.05, 0) is 37.6 Å². The van der Waals surface area contributed by atoms with E-state index in [1.165, 1.54) is 0 Å². The minimum Gasteiger partial charge on any atom is -0.373 e. The fraction of sp³-hybridized carbons (Fsp3) is 0.429. The Kier molecular flexibility index (Phi) is 6.68. The number of carbonyl (C=O) groups excluding carboxylic acids is 2. The fourth-order valence-electron chi connectivity index (χ4n) is 1.69. The Labute approximate surface area is 144 Å². The summed E-state index contributed by atoms with van der Waals surface area (Å²) in [6, 6.07) is 3.04. The summed E-state index contributed by atoms with van der Waals surface area (Å²) in [6.07, 6.45) is -4.84. The van der Waals surface area contributed by atoms with Crippen LogP contribution in [0.4, 0.5) is 23.7 Å². The lowest BCUT2D eigenvalue weighted by atomic mass is 10.0. The van der Waals surface area contributed by atoms with Crippen LogP contribution < -0.4 is 10.2 Å². The third-order valence-electron chi connectivity index (χ3n) is 3.20. The van der Waals surface area contributed by atoms with E-state index in [0.717, 1.165) is 24.3 Å². The average molecular weight is 382 g/mol. The number of aliphatic hydroxyl groups is 1. The van der Waals surface area contributed by atoms with Gasteiger partial charge in [-0.25, -0.2) is 13.9 Å². The quantitative estimate of drug-likeness (QED) is 0.676. The summed E-state index contributed by atoms with van der Waals surface area (Å²) in [7, 11) is 0. The van der Waals surface area contributed by atoms with Crippen LogP contribution in [-0.4, -0.2) is 44.1 Å². The van der Waals surface area contributed by atoms with Gasteiger partial charge in [0.15, 0.2) is 11.1 Å². The minimum absolute atomic E-state index is 0.0762. The first kappa shape index (κ1) is 21.1. The number of hydrogen-bond acceptors (Lipinski definition) is 4. The zero-order valence-electron chi connectivity index (χ0n) is 13.3. The normalized spacial score (nSPS) is 15.2. The Balaban J connectivity index is 3.32. The number of urea groups is 1. The van der Waals surface area contributed by atoms with Gasteiger partial charge in [-0.3, -0.25) is 4.79 Å². The van der Waals surface area contributed by atoms with E-state index in [1.54, 1.807) is 6.92 Å². The van der Waals surface area contributed by atoms with Crippen LogP contribution in [0.25, 0.3) is 0 Å². The van der Waals surface area contributed by atoms with Gasteiger partial charge in [0.25, 0.3) is 5.91 Å². The Hall–Kier alpha value is -1.98. The highest BCUT2D eigenvalue weighted by molar-refractivity contribution is 7.79. The lowest BCUT2D eigenvalue weighted by Crippen LogP contribution is -2.59. The second kappa shape index (κ2) is 7.93. The Bertz CT molecular complexity index is 661. The molecule has 7 nitrogen and oxygen atoms in total. The van der Waals surface area contributed by atoms with Gasteiger partial charge >= 0.3 is 12.2 Å².